The average Bonchev–Trinajstić information content (AvgIpc) is 3.10. The minimum atomic E-state index is -4.89. The van der Waals surface area contributed by atoms with Gasteiger partial charge in [0.1, 0.15) is 11.2 Å². The maximum Gasteiger partial charge on any atom is 0.417 e. The van der Waals surface area contributed by atoms with Crippen LogP contribution in [-0.2, 0) is 25.3 Å². The van der Waals surface area contributed by atoms with E-state index in [9.17, 15) is 31.9 Å². The number of rotatable bonds is 1. The lowest BCUT2D eigenvalue weighted by Gasteiger charge is -2.29. The van der Waals surface area contributed by atoms with Gasteiger partial charge in [0.25, 0.3) is 0 Å². The van der Waals surface area contributed by atoms with Gasteiger partial charge in [-0.05, 0) is 32.0 Å². The molecule has 2 amide bonds. The summed E-state index contributed by atoms with van der Waals surface area (Å²) in [6, 6.07) is 3.82. The number of nitriles is 1. The molecule has 3 fully saturated rings. The maximum atomic E-state index is 14.5. The molecule has 2 unspecified atom stereocenters. The lowest BCUT2D eigenvalue weighted by Crippen LogP contribution is -2.53. The van der Waals surface area contributed by atoms with Crippen LogP contribution >= 0.6 is 0 Å². The Morgan fingerprint density at radius 3 is 2.32 bits per heavy atom. The van der Waals surface area contributed by atoms with Crippen molar-refractivity contribution in [1.82, 2.24) is 0 Å². The number of amides is 2. The van der Waals surface area contributed by atoms with Crippen molar-refractivity contribution >= 4 is 23.3 Å². The summed E-state index contributed by atoms with van der Waals surface area (Å²) in [5.41, 5.74) is -6.10. The SMILES string of the molecule is CC12OC(C)([C@H](F)C1=O)[C@H]1C(=O)N(c3ccc(C#N)c(C(F)(F)F)c3)C(=O)[C@H]12. The van der Waals surface area contributed by atoms with Crippen molar-refractivity contribution in [3.05, 3.63) is 29.3 Å². The van der Waals surface area contributed by atoms with Crippen LogP contribution < -0.4 is 4.90 Å². The number of hydrogen-bond acceptors (Lipinski definition) is 5. The Hall–Kier alpha value is -2.80. The zero-order valence-electron chi connectivity index (χ0n) is 14.5. The molecule has 4 rings (SSSR count). The van der Waals surface area contributed by atoms with Crippen molar-refractivity contribution < 1.29 is 36.7 Å². The second kappa shape index (κ2) is 5.17. The Kier molecular flexibility index (Phi) is 3.43. The first-order valence-electron chi connectivity index (χ1n) is 8.25. The highest BCUT2D eigenvalue weighted by Crippen LogP contribution is 2.60. The molecule has 0 N–H and O–H groups in total. The summed E-state index contributed by atoms with van der Waals surface area (Å²) in [6.07, 6.45) is -7.01. The Labute approximate surface area is 155 Å². The van der Waals surface area contributed by atoms with E-state index in [0.717, 1.165) is 12.1 Å². The van der Waals surface area contributed by atoms with Crippen LogP contribution in [0.3, 0.4) is 0 Å². The summed E-state index contributed by atoms with van der Waals surface area (Å²) in [4.78, 5) is 38.6. The molecule has 28 heavy (non-hydrogen) atoms. The molecule has 5 atom stereocenters. The summed E-state index contributed by atoms with van der Waals surface area (Å²) >= 11 is 0. The van der Waals surface area contributed by atoms with E-state index < -0.39 is 69.8 Å². The topological polar surface area (TPSA) is 87.5 Å². The van der Waals surface area contributed by atoms with Crippen LogP contribution in [0.25, 0.3) is 0 Å². The number of alkyl halides is 4. The van der Waals surface area contributed by atoms with E-state index in [1.807, 2.05) is 0 Å². The molecule has 3 heterocycles. The fourth-order valence-electron chi connectivity index (χ4n) is 4.57. The largest absolute Gasteiger partial charge is 0.417 e. The van der Waals surface area contributed by atoms with Crippen LogP contribution in [0.2, 0.25) is 0 Å². The Morgan fingerprint density at radius 2 is 1.75 bits per heavy atom. The minimum Gasteiger partial charge on any atom is -0.356 e. The van der Waals surface area contributed by atoms with Crippen LogP contribution in [0, 0.1) is 23.2 Å². The molecule has 3 saturated heterocycles. The molecule has 0 aromatic heterocycles. The number of imide groups is 1. The number of benzene rings is 1. The molecule has 0 saturated carbocycles. The van der Waals surface area contributed by atoms with Gasteiger partial charge >= 0.3 is 6.18 Å². The molecule has 0 spiro atoms. The van der Waals surface area contributed by atoms with Crippen molar-refractivity contribution in [1.29, 1.82) is 5.26 Å². The first kappa shape index (κ1) is 18.6. The molecule has 10 heteroatoms. The van der Waals surface area contributed by atoms with Crippen LogP contribution in [0.5, 0.6) is 0 Å². The molecule has 3 aliphatic heterocycles. The highest BCUT2D eigenvalue weighted by Gasteiger charge is 2.80. The van der Waals surface area contributed by atoms with E-state index in [2.05, 4.69) is 0 Å². The standard InChI is InChI=1S/C18H12F4N2O4/c1-16-10-11(17(2,28-16)13(25)12(16)19)15(27)24(14(10)26)8-4-3-7(6-23)9(5-8)18(20,21)22/h3-5,10-12H,1-2H3/t10-,11+,12-,16?,17?/m1/s1. The number of carbonyl (C=O) groups excluding carboxylic acids is 3. The lowest BCUT2D eigenvalue weighted by atomic mass is 9.67. The van der Waals surface area contributed by atoms with Crippen molar-refractivity contribution in [2.24, 2.45) is 11.8 Å². The number of Topliss-reactive ketones (excluding diaryl/α,β-unsaturated/α-hetero) is 1. The maximum absolute atomic E-state index is 14.5. The monoisotopic (exact) mass is 396 g/mol. The van der Waals surface area contributed by atoms with E-state index in [1.165, 1.54) is 19.9 Å². The molecule has 1 aromatic carbocycles. The van der Waals surface area contributed by atoms with Gasteiger partial charge in [0.15, 0.2) is 6.17 Å². The Morgan fingerprint density at radius 1 is 1.14 bits per heavy atom. The molecule has 6 nitrogen and oxygen atoms in total. The zero-order chi connectivity index (χ0) is 20.8. The third-order valence-electron chi connectivity index (χ3n) is 5.86. The molecule has 3 aliphatic rings. The van der Waals surface area contributed by atoms with Gasteiger partial charge < -0.3 is 4.74 Å². The van der Waals surface area contributed by atoms with E-state index >= 15 is 0 Å². The Balaban J connectivity index is 1.83. The molecule has 2 bridgehead atoms. The summed E-state index contributed by atoms with van der Waals surface area (Å²) in [6.45, 7) is 2.42. The lowest BCUT2D eigenvalue weighted by molar-refractivity contribution is -0.140. The number of hydrogen-bond donors (Lipinski definition) is 0. The van der Waals surface area contributed by atoms with E-state index in [-0.39, 0.29) is 0 Å². The summed E-state index contributed by atoms with van der Waals surface area (Å²) in [5.74, 6) is -5.49. The molecular weight excluding hydrogens is 384 g/mol. The van der Waals surface area contributed by atoms with Crippen molar-refractivity contribution in [3.63, 3.8) is 0 Å². The van der Waals surface area contributed by atoms with Crippen molar-refractivity contribution in [2.45, 2.75) is 37.4 Å². The van der Waals surface area contributed by atoms with Gasteiger partial charge in [0.05, 0.1) is 34.7 Å². The highest BCUT2D eigenvalue weighted by molar-refractivity contribution is 6.25. The number of fused-ring (bicyclic) bond motifs is 5. The molecule has 0 radical (unpaired) electrons. The second-order valence-corrected chi connectivity index (χ2v) is 7.43. The summed E-state index contributed by atoms with van der Waals surface area (Å²) in [5, 5.41) is 8.88. The van der Waals surface area contributed by atoms with Crippen LogP contribution in [-0.4, -0.2) is 35.0 Å². The van der Waals surface area contributed by atoms with Gasteiger partial charge in [0, 0.05) is 0 Å². The van der Waals surface area contributed by atoms with Gasteiger partial charge in [-0.2, -0.15) is 18.4 Å². The predicted octanol–water partition coefficient (Wildman–Crippen LogP) is 2.15. The number of ether oxygens (including phenoxy) is 1. The van der Waals surface area contributed by atoms with Crippen LogP contribution in [0.4, 0.5) is 23.2 Å². The predicted molar refractivity (Wildman–Crippen MR) is 83.4 cm³/mol. The average molecular weight is 396 g/mol. The van der Waals surface area contributed by atoms with E-state index in [1.54, 1.807) is 0 Å². The molecule has 1 aromatic rings. The third-order valence-corrected chi connectivity index (χ3v) is 5.86. The number of anilines is 1. The van der Waals surface area contributed by atoms with Gasteiger partial charge in [0.2, 0.25) is 17.6 Å². The Bertz CT molecular complexity index is 1000. The van der Waals surface area contributed by atoms with Gasteiger partial charge in [-0.3, -0.25) is 14.4 Å². The van der Waals surface area contributed by atoms with Gasteiger partial charge in [-0.25, -0.2) is 9.29 Å². The molecule has 146 valence electrons. The summed E-state index contributed by atoms with van der Waals surface area (Å²) in [7, 11) is 0. The highest BCUT2D eigenvalue weighted by atomic mass is 19.4. The van der Waals surface area contributed by atoms with Crippen LogP contribution in [0.1, 0.15) is 25.0 Å². The minimum absolute atomic E-state index is 0.398. The van der Waals surface area contributed by atoms with Crippen molar-refractivity contribution in [3.8, 4) is 6.07 Å². The third kappa shape index (κ3) is 1.97. The second-order valence-electron chi connectivity index (χ2n) is 7.43. The fourth-order valence-corrected chi connectivity index (χ4v) is 4.57. The summed E-state index contributed by atoms with van der Waals surface area (Å²) < 4.78 is 59.6. The van der Waals surface area contributed by atoms with Gasteiger partial charge in [-0.15, -0.1) is 0 Å². The number of carbonyl (C=O) groups is 3. The van der Waals surface area contributed by atoms with Crippen molar-refractivity contribution in [2.75, 3.05) is 4.90 Å². The molecular formula is C18H12F4N2O4. The number of halogens is 4. The quantitative estimate of drug-likeness (QED) is 0.536. The number of nitrogens with zero attached hydrogens (tertiary/aromatic N) is 2. The van der Waals surface area contributed by atoms with E-state index in [4.69, 9.17) is 10.00 Å². The normalized spacial score (nSPS) is 36.8. The first-order valence-corrected chi connectivity index (χ1v) is 8.25. The smallest absolute Gasteiger partial charge is 0.356 e. The van der Waals surface area contributed by atoms with E-state index in [0.29, 0.717) is 11.0 Å². The fraction of sp³-hybridized carbons (Fsp3) is 0.444. The van der Waals surface area contributed by atoms with Gasteiger partial charge in [-0.1, -0.05) is 0 Å². The zero-order valence-corrected chi connectivity index (χ0v) is 14.5. The number of ketones is 1. The van der Waals surface area contributed by atoms with Crippen LogP contribution in [0.15, 0.2) is 18.2 Å². The first-order chi connectivity index (χ1) is 12.9. The molecule has 0 aliphatic carbocycles.